The van der Waals surface area contributed by atoms with Gasteiger partial charge in [0.05, 0.1) is 9.92 Å². The molecule has 1 aliphatic rings. The van der Waals surface area contributed by atoms with Crippen molar-refractivity contribution in [2.75, 3.05) is 36.0 Å². The molecule has 0 amide bonds. The van der Waals surface area contributed by atoms with Crippen LogP contribution in [0.25, 0.3) is 11.0 Å². The number of nitrogens with zero attached hydrogens (tertiary/aromatic N) is 6. The number of fused-ring (bicyclic) bond motifs is 1. The zero-order valence-corrected chi connectivity index (χ0v) is 19.3. The van der Waals surface area contributed by atoms with Gasteiger partial charge in [0.15, 0.2) is 17.5 Å². The second-order valence-electron chi connectivity index (χ2n) is 7.79. The van der Waals surface area contributed by atoms with Crippen molar-refractivity contribution in [2.45, 2.75) is 11.8 Å². The Balaban J connectivity index is 1.47. The number of hydrogen-bond acceptors (Lipinski definition) is 7. The van der Waals surface area contributed by atoms with E-state index in [1.165, 1.54) is 12.3 Å². The summed E-state index contributed by atoms with van der Waals surface area (Å²) in [5.74, 6) is 0.247. The highest BCUT2D eigenvalue weighted by Gasteiger charge is 2.28. The van der Waals surface area contributed by atoms with Crippen LogP contribution in [0.1, 0.15) is 5.56 Å². The number of halogens is 2. The van der Waals surface area contributed by atoms with E-state index >= 15 is 0 Å². The standard InChI is InChI=1S/C22H20ClFN6O2S/c1-15-4-6-17(7-5-15)33(31,32)30-19-3-2-8-25-20(19)22(27-30)29-11-9-28(10-12-29)21-18(24)13-16(23)14-26-21/h2-8,13-14H,9-12H2,1H3. The molecule has 33 heavy (non-hydrogen) atoms. The number of pyridine rings is 2. The van der Waals surface area contributed by atoms with Crippen molar-refractivity contribution in [1.82, 2.24) is 19.2 Å². The van der Waals surface area contributed by atoms with Crippen molar-refractivity contribution in [1.29, 1.82) is 0 Å². The van der Waals surface area contributed by atoms with Crippen molar-refractivity contribution in [3.63, 3.8) is 0 Å². The molecule has 1 fully saturated rings. The third kappa shape index (κ3) is 3.89. The fourth-order valence-electron chi connectivity index (χ4n) is 3.89. The van der Waals surface area contributed by atoms with E-state index in [0.717, 1.165) is 9.65 Å². The molecule has 5 rings (SSSR count). The second kappa shape index (κ2) is 8.27. The van der Waals surface area contributed by atoms with Crippen LogP contribution in [0.2, 0.25) is 5.02 Å². The summed E-state index contributed by atoms with van der Waals surface area (Å²) in [6.07, 6.45) is 3.03. The summed E-state index contributed by atoms with van der Waals surface area (Å²) in [5.41, 5.74) is 1.87. The maximum atomic E-state index is 14.3. The molecule has 0 aliphatic carbocycles. The monoisotopic (exact) mass is 486 g/mol. The summed E-state index contributed by atoms with van der Waals surface area (Å²) in [7, 11) is -3.91. The highest BCUT2D eigenvalue weighted by atomic mass is 35.5. The van der Waals surface area contributed by atoms with Gasteiger partial charge in [0.1, 0.15) is 11.0 Å². The molecule has 0 radical (unpaired) electrons. The molecule has 0 atom stereocenters. The van der Waals surface area contributed by atoms with Gasteiger partial charge in [0.25, 0.3) is 10.0 Å². The van der Waals surface area contributed by atoms with E-state index in [0.29, 0.717) is 43.0 Å². The predicted octanol–water partition coefficient (Wildman–Crippen LogP) is 3.49. The molecule has 8 nitrogen and oxygen atoms in total. The quantitative estimate of drug-likeness (QED) is 0.436. The first-order chi connectivity index (χ1) is 15.8. The number of benzene rings is 1. The lowest BCUT2D eigenvalue weighted by Gasteiger charge is -2.35. The van der Waals surface area contributed by atoms with E-state index in [4.69, 9.17) is 11.6 Å². The minimum atomic E-state index is -3.91. The van der Waals surface area contributed by atoms with Crippen molar-refractivity contribution in [2.24, 2.45) is 0 Å². The molecule has 0 saturated carbocycles. The summed E-state index contributed by atoms with van der Waals surface area (Å²) >= 11 is 5.81. The first-order valence-corrected chi connectivity index (χ1v) is 12.1. The molecule has 0 spiro atoms. The third-order valence-electron chi connectivity index (χ3n) is 5.60. The number of aromatic nitrogens is 4. The van der Waals surface area contributed by atoms with Crippen LogP contribution in [-0.4, -0.2) is 53.8 Å². The average Bonchev–Trinajstić information content (AvgIpc) is 3.20. The molecule has 1 aromatic carbocycles. The molecule has 11 heteroatoms. The van der Waals surface area contributed by atoms with Crippen LogP contribution in [0.3, 0.4) is 0 Å². The molecule has 1 aliphatic heterocycles. The van der Waals surface area contributed by atoms with Crippen molar-refractivity contribution in [3.8, 4) is 0 Å². The predicted molar refractivity (Wildman–Crippen MR) is 125 cm³/mol. The topological polar surface area (TPSA) is 84.2 Å². The van der Waals surface area contributed by atoms with Crippen LogP contribution in [0, 0.1) is 12.7 Å². The maximum Gasteiger partial charge on any atom is 0.283 e. The molecule has 4 heterocycles. The second-order valence-corrected chi connectivity index (χ2v) is 9.99. The van der Waals surface area contributed by atoms with Gasteiger partial charge in [-0.15, -0.1) is 9.19 Å². The minimum Gasteiger partial charge on any atom is -0.351 e. The van der Waals surface area contributed by atoms with E-state index in [9.17, 15) is 12.8 Å². The van der Waals surface area contributed by atoms with Gasteiger partial charge in [-0.05, 0) is 37.3 Å². The zero-order chi connectivity index (χ0) is 23.2. The lowest BCUT2D eigenvalue weighted by Crippen LogP contribution is -2.47. The minimum absolute atomic E-state index is 0.155. The van der Waals surface area contributed by atoms with E-state index in [1.807, 2.05) is 16.7 Å². The molecule has 3 aromatic heterocycles. The van der Waals surface area contributed by atoms with Gasteiger partial charge in [-0.25, -0.2) is 9.37 Å². The van der Waals surface area contributed by atoms with Gasteiger partial charge in [0, 0.05) is 38.6 Å². The Morgan fingerprint density at radius 2 is 1.64 bits per heavy atom. The smallest absolute Gasteiger partial charge is 0.283 e. The van der Waals surface area contributed by atoms with Gasteiger partial charge in [-0.3, -0.25) is 4.98 Å². The Morgan fingerprint density at radius 1 is 0.970 bits per heavy atom. The lowest BCUT2D eigenvalue weighted by molar-refractivity contribution is 0.577. The van der Waals surface area contributed by atoms with Gasteiger partial charge in [-0.1, -0.05) is 29.3 Å². The number of aryl methyl sites for hydroxylation is 1. The van der Waals surface area contributed by atoms with Gasteiger partial charge < -0.3 is 9.80 Å². The first kappa shape index (κ1) is 21.6. The van der Waals surface area contributed by atoms with Crippen LogP contribution in [-0.2, 0) is 10.0 Å². The number of piperazine rings is 1. The number of anilines is 2. The zero-order valence-electron chi connectivity index (χ0n) is 17.7. The maximum absolute atomic E-state index is 14.3. The van der Waals surface area contributed by atoms with Crippen LogP contribution in [0.4, 0.5) is 16.0 Å². The Bertz CT molecular complexity index is 1430. The Labute approximate surface area is 195 Å². The molecule has 0 N–H and O–H groups in total. The SMILES string of the molecule is Cc1ccc(S(=O)(=O)n2nc(N3CCN(c4ncc(Cl)cc4F)CC3)c3ncccc32)cc1. The van der Waals surface area contributed by atoms with Gasteiger partial charge in [0.2, 0.25) is 0 Å². The van der Waals surface area contributed by atoms with Crippen molar-refractivity contribution in [3.05, 3.63) is 71.3 Å². The molecular weight excluding hydrogens is 467 g/mol. The fourth-order valence-corrected chi connectivity index (χ4v) is 5.30. The molecule has 4 aromatic rings. The normalized spacial score (nSPS) is 14.8. The Morgan fingerprint density at radius 3 is 2.30 bits per heavy atom. The summed E-state index contributed by atoms with van der Waals surface area (Å²) in [4.78, 5) is 12.5. The first-order valence-electron chi connectivity index (χ1n) is 10.3. The summed E-state index contributed by atoms with van der Waals surface area (Å²) in [6, 6.07) is 11.3. The summed E-state index contributed by atoms with van der Waals surface area (Å²) < 4.78 is 42.0. The third-order valence-corrected chi connectivity index (χ3v) is 7.41. The largest absolute Gasteiger partial charge is 0.351 e. The number of rotatable bonds is 4. The van der Waals surface area contributed by atoms with Crippen LogP contribution in [0.5, 0.6) is 0 Å². The lowest BCUT2D eigenvalue weighted by atomic mass is 10.2. The molecule has 170 valence electrons. The van der Waals surface area contributed by atoms with E-state index in [1.54, 1.807) is 42.6 Å². The van der Waals surface area contributed by atoms with E-state index < -0.39 is 15.8 Å². The van der Waals surface area contributed by atoms with Crippen LogP contribution in [0.15, 0.2) is 59.8 Å². The Hall–Kier alpha value is -3.24. The van der Waals surface area contributed by atoms with Gasteiger partial charge >= 0.3 is 0 Å². The van der Waals surface area contributed by atoms with E-state index in [-0.39, 0.29) is 15.7 Å². The van der Waals surface area contributed by atoms with Crippen molar-refractivity contribution >= 4 is 44.3 Å². The summed E-state index contributed by atoms with van der Waals surface area (Å²) in [5, 5.41) is 4.72. The average molecular weight is 487 g/mol. The number of hydrogen-bond donors (Lipinski definition) is 0. The van der Waals surface area contributed by atoms with E-state index in [2.05, 4.69) is 15.1 Å². The van der Waals surface area contributed by atoms with Crippen molar-refractivity contribution < 1.29 is 12.8 Å². The molecular formula is C22H20ClFN6O2S. The van der Waals surface area contributed by atoms with Gasteiger partial charge in [-0.2, -0.15) is 8.42 Å². The van der Waals surface area contributed by atoms with Crippen LogP contribution < -0.4 is 9.80 Å². The summed E-state index contributed by atoms with van der Waals surface area (Å²) in [6.45, 7) is 3.86. The molecule has 1 saturated heterocycles. The Kier molecular flexibility index (Phi) is 5.41. The highest BCUT2D eigenvalue weighted by molar-refractivity contribution is 7.90. The molecule has 0 bridgehead atoms. The fraction of sp³-hybridized carbons (Fsp3) is 0.227. The molecule has 0 unspecified atom stereocenters. The highest BCUT2D eigenvalue weighted by Crippen LogP contribution is 2.29. The van der Waals surface area contributed by atoms with Crippen LogP contribution >= 0.6 is 11.6 Å².